The van der Waals surface area contributed by atoms with Crippen molar-refractivity contribution in [1.82, 2.24) is 4.90 Å². The fourth-order valence-corrected chi connectivity index (χ4v) is 3.94. The Morgan fingerprint density at radius 3 is 2.61 bits per heavy atom. The van der Waals surface area contributed by atoms with Gasteiger partial charge in [-0.1, -0.05) is 36.8 Å². The summed E-state index contributed by atoms with van der Waals surface area (Å²) in [5.74, 6) is 1.86. The van der Waals surface area contributed by atoms with Crippen molar-refractivity contribution < 1.29 is 5.11 Å². The number of aliphatic hydroxyl groups is 1. The summed E-state index contributed by atoms with van der Waals surface area (Å²) in [5, 5.41) is 10.3. The Balaban J connectivity index is 1.59. The van der Waals surface area contributed by atoms with Crippen molar-refractivity contribution in [2.24, 2.45) is 11.8 Å². The number of fused-ring (bicyclic) bond motifs is 2. The van der Waals surface area contributed by atoms with Gasteiger partial charge in [0.05, 0.1) is 6.10 Å². The topological polar surface area (TPSA) is 23.5 Å². The Morgan fingerprint density at radius 1 is 1.22 bits per heavy atom. The highest BCUT2D eigenvalue weighted by Gasteiger charge is 2.41. The molecule has 1 aromatic rings. The summed E-state index contributed by atoms with van der Waals surface area (Å²) >= 11 is 0. The van der Waals surface area contributed by atoms with Gasteiger partial charge in [0.1, 0.15) is 0 Å². The van der Waals surface area contributed by atoms with Crippen molar-refractivity contribution in [1.29, 1.82) is 0 Å². The molecule has 0 radical (unpaired) electrons. The van der Waals surface area contributed by atoms with Crippen LogP contribution in [0.15, 0.2) is 30.3 Å². The number of hydrogen-bond acceptors (Lipinski definition) is 2. The fraction of sp³-hybridized carbons (Fsp3) is 0.625. The van der Waals surface area contributed by atoms with Gasteiger partial charge in [-0.2, -0.15) is 0 Å². The molecule has 2 bridgehead atoms. The van der Waals surface area contributed by atoms with Crippen molar-refractivity contribution in [3.05, 3.63) is 35.9 Å². The molecule has 18 heavy (non-hydrogen) atoms. The van der Waals surface area contributed by atoms with Gasteiger partial charge < -0.3 is 10.0 Å². The predicted octanol–water partition coefficient (Wildman–Crippen LogP) is 2.84. The number of hydrogen-bond donors (Lipinski definition) is 1. The van der Waals surface area contributed by atoms with Crippen LogP contribution >= 0.6 is 0 Å². The highest BCUT2D eigenvalue weighted by atomic mass is 16.3. The first-order valence-electron chi connectivity index (χ1n) is 7.17. The van der Waals surface area contributed by atoms with Gasteiger partial charge in [-0.3, -0.25) is 0 Å². The van der Waals surface area contributed by atoms with E-state index in [1.54, 1.807) is 0 Å². The minimum Gasteiger partial charge on any atom is -0.387 e. The third kappa shape index (κ3) is 2.32. The van der Waals surface area contributed by atoms with E-state index in [0.717, 1.165) is 23.9 Å². The quantitative estimate of drug-likeness (QED) is 0.881. The molecule has 0 spiro atoms. The van der Waals surface area contributed by atoms with E-state index < -0.39 is 0 Å². The summed E-state index contributed by atoms with van der Waals surface area (Å²) in [6.07, 6.45) is 5.27. The van der Waals surface area contributed by atoms with Crippen LogP contribution in [0, 0.1) is 11.8 Å². The number of rotatable bonds is 4. The van der Waals surface area contributed by atoms with Gasteiger partial charge in [-0.25, -0.2) is 0 Å². The molecule has 2 nitrogen and oxygen atoms in total. The molecule has 4 atom stereocenters. The zero-order chi connectivity index (χ0) is 12.5. The second-order valence-electron chi connectivity index (χ2n) is 6.11. The van der Waals surface area contributed by atoms with Crippen molar-refractivity contribution in [3.8, 4) is 0 Å². The van der Waals surface area contributed by atoms with Gasteiger partial charge >= 0.3 is 0 Å². The van der Waals surface area contributed by atoms with E-state index in [2.05, 4.69) is 11.9 Å². The molecule has 0 aliphatic heterocycles. The SMILES string of the molecule is CN(C[C@H](O)c1ccccc1)[C@H]1C[C@H]2CC[C@H]1C2. The molecule has 2 aliphatic carbocycles. The molecular weight excluding hydrogens is 222 g/mol. The summed E-state index contributed by atoms with van der Waals surface area (Å²) in [4.78, 5) is 2.39. The molecule has 0 amide bonds. The number of aliphatic hydroxyl groups excluding tert-OH is 1. The molecule has 1 aromatic carbocycles. The van der Waals surface area contributed by atoms with Crippen LogP contribution in [-0.2, 0) is 0 Å². The zero-order valence-corrected chi connectivity index (χ0v) is 11.1. The average molecular weight is 245 g/mol. The van der Waals surface area contributed by atoms with E-state index in [0.29, 0.717) is 6.04 Å². The number of likely N-dealkylation sites (N-methyl/N-ethyl adjacent to an activating group) is 1. The van der Waals surface area contributed by atoms with Gasteiger partial charge in [0.25, 0.3) is 0 Å². The van der Waals surface area contributed by atoms with E-state index in [4.69, 9.17) is 0 Å². The van der Waals surface area contributed by atoms with Crippen molar-refractivity contribution >= 4 is 0 Å². The van der Waals surface area contributed by atoms with Gasteiger partial charge in [-0.05, 0) is 43.7 Å². The molecule has 2 aliphatic rings. The lowest BCUT2D eigenvalue weighted by Crippen LogP contribution is -2.38. The lowest BCUT2D eigenvalue weighted by atomic mass is 9.94. The molecule has 2 fully saturated rings. The highest BCUT2D eigenvalue weighted by Crippen LogP contribution is 2.46. The molecule has 0 heterocycles. The lowest BCUT2D eigenvalue weighted by molar-refractivity contribution is 0.0853. The summed E-state index contributed by atoms with van der Waals surface area (Å²) in [6.45, 7) is 0.762. The summed E-state index contributed by atoms with van der Waals surface area (Å²) < 4.78 is 0. The summed E-state index contributed by atoms with van der Waals surface area (Å²) in [6, 6.07) is 10.7. The minimum absolute atomic E-state index is 0.352. The Kier molecular flexibility index (Phi) is 3.40. The van der Waals surface area contributed by atoms with Gasteiger partial charge in [0, 0.05) is 12.6 Å². The third-order valence-corrected chi connectivity index (χ3v) is 4.91. The molecule has 2 heteroatoms. The lowest BCUT2D eigenvalue weighted by Gasteiger charge is -2.32. The monoisotopic (exact) mass is 245 g/mol. The first kappa shape index (κ1) is 12.2. The van der Waals surface area contributed by atoms with E-state index in [-0.39, 0.29) is 6.10 Å². The third-order valence-electron chi connectivity index (χ3n) is 4.91. The van der Waals surface area contributed by atoms with Gasteiger partial charge in [-0.15, -0.1) is 0 Å². The van der Waals surface area contributed by atoms with Crippen LogP contribution in [0.1, 0.15) is 37.4 Å². The van der Waals surface area contributed by atoms with E-state index in [1.807, 2.05) is 30.3 Å². The molecule has 0 aromatic heterocycles. The minimum atomic E-state index is -0.352. The van der Waals surface area contributed by atoms with Crippen LogP contribution < -0.4 is 0 Å². The van der Waals surface area contributed by atoms with Crippen molar-refractivity contribution in [2.75, 3.05) is 13.6 Å². The van der Waals surface area contributed by atoms with Crippen molar-refractivity contribution in [3.63, 3.8) is 0 Å². The van der Waals surface area contributed by atoms with Crippen molar-refractivity contribution in [2.45, 2.75) is 37.8 Å². The zero-order valence-electron chi connectivity index (χ0n) is 11.1. The first-order valence-corrected chi connectivity index (χ1v) is 7.17. The maximum absolute atomic E-state index is 10.3. The second-order valence-corrected chi connectivity index (χ2v) is 6.11. The van der Waals surface area contributed by atoms with Crippen LogP contribution in [0.2, 0.25) is 0 Å². The standard InChI is InChI=1S/C16H23NO/c1-17(15-10-12-7-8-14(15)9-12)11-16(18)13-5-3-2-4-6-13/h2-6,12,14-16,18H,7-11H2,1H3/t12-,14-,15-,16-/m0/s1. The summed E-state index contributed by atoms with van der Waals surface area (Å²) in [7, 11) is 2.18. The fourth-order valence-electron chi connectivity index (χ4n) is 3.94. The Morgan fingerprint density at radius 2 is 2.00 bits per heavy atom. The molecular formula is C16H23NO. The van der Waals surface area contributed by atoms with E-state index in [1.165, 1.54) is 25.7 Å². The molecule has 98 valence electrons. The molecule has 0 saturated heterocycles. The van der Waals surface area contributed by atoms with E-state index >= 15 is 0 Å². The molecule has 0 unspecified atom stereocenters. The van der Waals surface area contributed by atoms with Crippen LogP contribution in [0.25, 0.3) is 0 Å². The van der Waals surface area contributed by atoms with Gasteiger partial charge in [0.15, 0.2) is 0 Å². The molecule has 1 N–H and O–H groups in total. The maximum atomic E-state index is 10.3. The highest BCUT2D eigenvalue weighted by molar-refractivity contribution is 5.17. The Bertz CT molecular complexity index is 391. The Labute approximate surface area is 110 Å². The average Bonchev–Trinajstić information content (AvgIpc) is 3.02. The van der Waals surface area contributed by atoms with Crippen LogP contribution in [0.3, 0.4) is 0 Å². The predicted molar refractivity (Wildman–Crippen MR) is 73.3 cm³/mol. The number of nitrogens with zero attached hydrogens (tertiary/aromatic N) is 1. The summed E-state index contributed by atoms with van der Waals surface area (Å²) in [5.41, 5.74) is 1.03. The van der Waals surface area contributed by atoms with Crippen LogP contribution in [-0.4, -0.2) is 29.6 Å². The number of benzene rings is 1. The van der Waals surface area contributed by atoms with Crippen LogP contribution in [0.5, 0.6) is 0 Å². The largest absolute Gasteiger partial charge is 0.387 e. The Hall–Kier alpha value is -0.860. The maximum Gasteiger partial charge on any atom is 0.0916 e. The van der Waals surface area contributed by atoms with E-state index in [9.17, 15) is 5.11 Å². The molecule has 2 saturated carbocycles. The van der Waals surface area contributed by atoms with Crippen LogP contribution in [0.4, 0.5) is 0 Å². The smallest absolute Gasteiger partial charge is 0.0916 e. The first-order chi connectivity index (χ1) is 8.74. The van der Waals surface area contributed by atoms with Gasteiger partial charge in [0.2, 0.25) is 0 Å². The second kappa shape index (κ2) is 5.02. The molecule has 3 rings (SSSR count). The normalized spacial score (nSPS) is 32.1.